The Kier molecular flexibility index (Phi) is 4.28. The SMILES string of the molecule is C=CS(=O)(=O)NCC(=O)OC(C)(C)C. The number of sulfonamides is 1. The molecule has 0 rings (SSSR count). The van der Waals surface area contributed by atoms with Crippen LogP contribution < -0.4 is 4.72 Å². The summed E-state index contributed by atoms with van der Waals surface area (Å²) < 4.78 is 28.6. The molecule has 0 spiro atoms. The van der Waals surface area contributed by atoms with Crippen LogP contribution in [0.1, 0.15) is 20.8 Å². The second-order valence-electron chi connectivity index (χ2n) is 3.62. The van der Waals surface area contributed by atoms with Crippen LogP contribution in [0.3, 0.4) is 0 Å². The van der Waals surface area contributed by atoms with Crippen molar-refractivity contribution >= 4 is 16.0 Å². The number of nitrogens with one attached hydrogen (secondary N) is 1. The van der Waals surface area contributed by atoms with Gasteiger partial charge in [0.25, 0.3) is 0 Å². The molecule has 5 nitrogen and oxygen atoms in total. The fourth-order valence-corrected chi connectivity index (χ4v) is 1.03. The average molecular weight is 221 g/mol. The van der Waals surface area contributed by atoms with Crippen molar-refractivity contribution in [3.63, 3.8) is 0 Å². The van der Waals surface area contributed by atoms with Crippen LogP contribution in [-0.2, 0) is 19.6 Å². The van der Waals surface area contributed by atoms with E-state index in [1.54, 1.807) is 20.8 Å². The second kappa shape index (κ2) is 4.56. The lowest BCUT2D eigenvalue weighted by molar-refractivity contribution is -0.153. The van der Waals surface area contributed by atoms with Gasteiger partial charge in [0.1, 0.15) is 12.1 Å². The highest BCUT2D eigenvalue weighted by Gasteiger charge is 2.17. The molecule has 14 heavy (non-hydrogen) atoms. The fourth-order valence-electron chi connectivity index (χ4n) is 0.596. The van der Waals surface area contributed by atoms with Crippen molar-refractivity contribution in [2.75, 3.05) is 6.54 Å². The maximum absolute atomic E-state index is 11.0. The molecule has 0 heterocycles. The van der Waals surface area contributed by atoms with Crippen molar-refractivity contribution in [2.24, 2.45) is 0 Å². The molecular formula is C8H15NO4S. The summed E-state index contributed by atoms with van der Waals surface area (Å²) in [5.74, 6) is -0.622. The molecule has 0 amide bonds. The molecule has 0 aromatic carbocycles. The van der Waals surface area contributed by atoms with E-state index in [0.29, 0.717) is 0 Å². The third kappa shape index (κ3) is 6.62. The Balaban J connectivity index is 4.06. The first-order chi connectivity index (χ1) is 6.16. The summed E-state index contributed by atoms with van der Waals surface area (Å²) in [6, 6.07) is 0. The van der Waals surface area contributed by atoms with E-state index in [2.05, 4.69) is 6.58 Å². The van der Waals surface area contributed by atoms with Crippen molar-refractivity contribution in [1.29, 1.82) is 0 Å². The van der Waals surface area contributed by atoms with Gasteiger partial charge in [-0.15, -0.1) is 0 Å². The molecular weight excluding hydrogens is 206 g/mol. The van der Waals surface area contributed by atoms with Crippen molar-refractivity contribution < 1.29 is 17.9 Å². The van der Waals surface area contributed by atoms with Crippen molar-refractivity contribution in [3.8, 4) is 0 Å². The topological polar surface area (TPSA) is 72.5 Å². The molecule has 0 fully saturated rings. The van der Waals surface area contributed by atoms with Gasteiger partial charge in [0.15, 0.2) is 0 Å². The van der Waals surface area contributed by atoms with E-state index in [9.17, 15) is 13.2 Å². The number of carbonyl (C=O) groups is 1. The number of hydrogen-bond acceptors (Lipinski definition) is 4. The first-order valence-corrected chi connectivity index (χ1v) is 5.55. The highest BCUT2D eigenvalue weighted by molar-refractivity contribution is 7.92. The maximum Gasteiger partial charge on any atom is 0.321 e. The first-order valence-electron chi connectivity index (χ1n) is 4.00. The summed E-state index contributed by atoms with van der Waals surface area (Å²) in [6.45, 7) is 7.80. The minimum absolute atomic E-state index is 0.383. The Morgan fingerprint density at radius 1 is 1.50 bits per heavy atom. The zero-order valence-electron chi connectivity index (χ0n) is 8.53. The molecule has 0 aliphatic rings. The third-order valence-corrected chi connectivity index (χ3v) is 2.04. The Labute approximate surface area is 84.2 Å². The summed E-state index contributed by atoms with van der Waals surface area (Å²) in [6.07, 6.45) is 0. The lowest BCUT2D eigenvalue weighted by atomic mass is 10.2. The van der Waals surface area contributed by atoms with Crippen molar-refractivity contribution in [3.05, 3.63) is 12.0 Å². The average Bonchev–Trinajstić information content (AvgIpc) is 1.98. The zero-order chi connectivity index (χ0) is 11.4. The molecule has 0 aromatic heterocycles. The monoisotopic (exact) mass is 221 g/mol. The Morgan fingerprint density at radius 2 is 2.00 bits per heavy atom. The van der Waals surface area contributed by atoms with Gasteiger partial charge >= 0.3 is 5.97 Å². The van der Waals surface area contributed by atoms with Crippen LogP contribution in [0.15, 0.2) is 12.0 Å². The van der Waals surface area contributed by atoms with Crippen LogP contribution in [0.5, 0.6) is 0 Å². The van der Waals surface area contributed by atoms with E-state index in [0.717, 1.165) is 5.41 Å². The van der Waals surface area contributed by atoms with E-state index < -0.39 is 21.6 Å². The number of esters is 1. The summed E-state index contributed by atoms with van der Waals surface area (Å²) in [5, 5.41) is 0.734. The fraction of sp³-hybridized carbons (Fsp3) is 0.625. The number of rotatable bonds is 4. The Morgan fingerprint density at radius 3 is 2.36 bits per heavy atom. The Hall–Kier alpha value is -0.880. The minimum Gasteiger partial charge on any atom is -0.459 e. The number of hydrogen-bond donors (Lipinski definition) is 1. The second-order valence-corrected chi connectivity index (χ2v) is 5.33. The van der Waals surface area contributed by atoms with E-state index in [-0.39, 0.29) is 6.54 Å². The van der Waals surface area contributed by atoms with Gasteiger partial charge < -0.3 is 4.74 Å². The van der Waals surface area contributed by atoms with Gasteiger partial charge in [-0.25, -0.2) is 13.1 Å². The molecule has 1 N–H and O–H groups in total. The number of carbonyl (C=O) groups excluding carboxylic acids is 1. The highest BCUT2D eigenvalue weighted by atomic mass is 32.2. The zero-order valence-corrected chi connectivity index (χ0v) is 9.35. The highest BCUT2D eigenvalue weighted by Crippen LogP contribution is 2.06. The molecule has 0 saturated carbocycles. The predicted octanol–water partition coefficient (Wildman–Crippen LogP) is 0.391. The first kappa shape index (κ1) is 13.1. The van der Waals surface area contributed by atoms with Crippen LogP contribution >= 0.6 is 0 Å². The van der Waals surface area contributed by atoms with Crippen LogP contribution in [0.2, 0.25) is 0 Å². The van der Waals surface area contributed by atoms with Gasteiger partial charge in [-0.1, -0.05) is 6.58 Å². The quantitative estimate of drug-likeness (QED) is 0.697. The smallest absolute Gasteiger partial charge is 0.321 e. The van der Waals surface area contributed by atoms with Crippen molar-refractivity contribution in [2.45, 2.75) is 26.4 Å². The van der Waals surface area contributed by atoms with E-state index >= 15 is 0 Å². The molecule has 0 unspecified atom stereocenters. The van der Waals surface area contributed by atoms with Crippen LogP contribution in [0.25, 0.3) is 0 Å². The summed E-state index contributed by atoms with van der Waals surface area (Å²) in [5.41, 5.74) is -0.614. The predicted molar refractivity (Wildman–Crippen MR) is 53.0 cm³/mol. The van der Waals surface area contributed by atoms with Crippen LogP contribution in [-0.4, -0.2) is 26.5 Å². The van der Waals surface area contributed by atoms with E-state index in [4.69, 9.17) is 4.74 Å². The van der Waals surface area contributed by atoms with Gasteiger partial charge in [0, 0.05) is 5.41 Å². The van der Waals surface area contributed by atoms with E-state index in [1.807, 2.05) is 4.72 Å². The maximum atomic E-state index is 11.0. The summed E-state index contributed by atoms with van der Waals surface area (Å²) in [7, 11) is -3.56. The van der Waals surface area contributed by atoms with Gasteiger partial charge in [-0.05, 0) is 20.8 Å². The largest absolute Gasteiger partial charge is 0.459 e. The summed E-state index contributed by atoms with van der Waals surface area (Å²) >= 11 is 0. The third-order valence-electron chi connectivity index (χ3n) is 1.06. The van der Waals surface area contributed by atoms with Crippen LogP contribution in [0.4, 0.5) is 0 Å². The molecule has 6 heteroatoms. The standard InChI is InChI=1S/C8H15NO4S/c1-5-14(11,12)9-6-7(10)13-8(2,3)4/h5,9H,1,6H2,2-4H3. The van der Waals surface area contributed by atoms with Crippen LogP contribution in [0, 0.1) is 0 Å². The van der Waals surface area contributed by atoms with Crippen molar-refractivity contribution in [1.82, 2.24) is 4.72 Å². The molecule has 0 aliphatic heterocycles. The molecule has 0 atom stereocenters. The lowest BCUT2D eigenvalue weighted by Gasteiger charge is -2.19. The van der Waals surface area contributed by atoms with Gasteiger partial charge in [0.05, 0.1) is 0 Å². The molecule has 0 radical (unpaired) electrons. The van der Waals surface area contributed by atoms with Gasteiger partial charge in [-0.3, -0.25) is 4.79 Å². The van der Waals surface area contributed by atoms with Gasteiger partial charge in [0.2, 0.25) is 10.0 Å². The molecule has 0 aliphatic carbocycles. The lowest BCUT2D eigenvalue weighted by Crippen LogP contribution is -2.33. The molecule has 0 bridgehead atoms. The van der Waals surface area contributed by atoms with E-state index in [1.165, 1.54) is 0 Å². The summed E-state index contributed by atoms with van der Waals surface area (Å²) in [4.78, 5) is 11.0. The normalized spacial score (nSPS) is 12.2. The molecule has 82 valence electrons. The Bertz CT molecular complexity index is 313. The number of ether oxygens (including phenoxy) is 1. The van der Waals surface area contributed by atoms with Gasteiger partial charge in [-0.2, -0.15) is 0 Å². The molecule has 0 saturated heterocycles. The minimum atomic E-state index is -3.56. The molecule has 0 aromatic rings.